The molecule has 0 aromatic carbocycles. The van der Waals surface area contributed by atoms with Crippen LogP contribution in [0.5, 0.6) is 0 Å². The van der Waals surface area contributed by atoms with Crippen molar-refractivity contribution in [1.29, 1.82) is 0 Å². The van der Waals surface area contributed by atoms with Gasteiger partial charge in [0.25, 0.3) is 11.1 Å². The van der Waals surface area contributed by atoms with Gasteiger partial charge in [0.1, 0.15) is 16.2 Å². The van der Waals surface area contributed by atoms with E-state index in [1.807, 2.05) is 42.7 Å². The summed E-state index contributed by atoms with van der Waals surface area (Å²) in [6.07, 6.45) is 11.5. The van der Waals surface area contributed by atoms with Gasteiger partial charge >= 0.3 is 0 Å². The van der Waals surface area contributed by atoms with Crippen molar-refractivity contribution in [3.63, 3.8) is 0 Å². The normalized spacial score (nSPS) is 17.3. The lowest BCUT2D eigenvalue weighted by molar-refractivity contribution is -0.0660. The van der Waals surface area contributed by atoms with Crippen LogP contribution in [0.3, 0.4) is 0 Å². The number of nitrogens with one attached hydrogen (secondary N) is 1. The van der Waals surface area contributed by atoms with Crippen LogP contribution < -0.4 is 21.3 Å². The number of hydrogen-bond acceptors (Lipinski definition) is 10. The van der Waals surface area contributed by atoms with Crippen LogP contribution in [0.25, 0.3) is 27.0 Å². The van der Waals surface area contributed by atoms with Crippen LogP contribution in [0.4, 0.5) is 17.2 Å². The van der Waals surface area contributed by atoms with Crippen molar-refractivity contribution < 1.29 is 4.74 Å². The maximum atomic E-state index is 13.5. The van der Waals surface area contributed by atoms with Crippen molar-refractivity contribution >= 4 is 38.6 Å². The lowest BCUT2D eigenvalue weighted by Gasteiger charge is -2.43. The molecule has 1 aliphatic carbocycles. The molecular weight excluding hydrogens is 588 g/mol. The highest BCUT2D eigenvalue weighted by Crippen LogP contribution is 2.34. The van der Waals surface area contributed by atoms with Crippen LogP contribution in [0.15, 0.2) is 64.7 Å². The minimum Gasteiger partial charge on any atom is -0.378 e. The third-order valence-electron chi connectivity index (χ3n) is 9.21. The van der Waals surface area contributed by atoms with E-state index in [1.165, 1.54) is 15.1 Å². The van der Waals surface area contributed by atoms with Gasteiger partial charge in [0.2, 0.25) is 0 Å². The minimum atomic E-state index is -0.167. The van der Waals surface area contributed by atoms with Crippen LogP contribution in [0, 0.1) is 0 Å². The lowest BCUT2D eigenvalue weighted by Crippen LogP contribution is -2.56. The quantitative estimate of drug-likeness (QED) is 0.303. The standard InChI is InChI=1S/C33H34N8O3S/c1-38-18-22(21-8-9-34-30(15-21)41-33(43)31-26(17-36-41)25-4-2-3-5-28(25)45-31)14-27(32(38)42)37-29-7-6-23(16-35-29)39-10-12-40(13-11-39)24-19-44-20-24/h6-9,14-18,24H,2-5,10-13,19-20H2,1H3,(H,35,37). The first-order chi connectivity index (χ1) is 22.0. The van der Waals surface area contributed by atoms with E-state index in [0.717, 1.165) is 92.0 Å². The molecule has 7 heterocycles. The molecule has 0 amide bonds. The maximum absolute atomic E-state index is 13.5. The largest absolute Gasteiger partial charge is 0.378 e. The van der Waals surface area contributed by atoms with Gasteiger partial charge in [-0.1, -0.05) is 0 Å². The number of piperazine rings is 1. The number of aryl methyl sites for hydroxylation is 3. The van der Waals surface area contributed by atoms with Crippen LogP contribution >= 0.6 is 11.3 Å². The molecule has 5 aromatic rings. The monoisotopic (exact) mass is 622 g/mol. The van der Waals surface area contributed by atoms with Gasteiger partial charge in [-0.05, 0) is 67.1 Å². The smallest absolute Gasteiger partial charge is 0.290 e. The summed E-state index contributed by atoms with van der Waals surface area (Å²) in [5.74, 6) is 1.03. The van der Waals surface area contributed by atoms with E-state index in [4.69, 9.17) is 4.74 Å². The van der Waals surface area contributed by atoms with E-state index in [-0.39, 0.29) is 11.1 Å². The molecule has 1 N–H and O–H groups in total. The molecule has 0 spiro atoms. The Labute approximate surface area is 263 Å². The van der Waals surface area contributed by atoms with Crippen LogP contribution in [-0.4, -0.2) is 74.7 Å². The number of pyridine rings is 3. The maximum Gasteiger partial charge on any atom is 0.290 e. The van der Waals surface area contributed by atoms with Gasteiger partial charge in [-0.2, -0.15) is 9.78 Å². The minimum absolute atomic E-state index is 0.149. The van der Waals surface area contributed by atoms with Crippen molar-refractivity contribution in [1.82, 2.24) is 29.2 Å². The molecule has 0 unspecified atom stereocenters. The molecule has 12 heteroatoms. The number of nitrogens with zero attached hydrogens (tertiary/aromatic N) is 7. The van der Waals surface area contributed by atoms with E-state index in [9.17, 15) is 9.59 Å². The predicted octanol–water partition coefficient (Wildman–Crippen LogP) is 3.75. The zero-order valence-electron chi connectivity index (χ0n) is 25.1. The Morgan fingerprint density at radius 1 is 0.933 bits per heavy atom. The fourth-order valence-electron chi connectivity index (χ4n) is 6.55. The average molecular weight is 623 g/mol. The van der Waals surface area contributed by atoms with Gasteiger partial charge in [-0.25, -0.2) is 9.97 Å². The first kappa shape index (κ1) is 28.1. The molecular formula is C33H34N8O3S. The first-order valence-corrected chi connectivity index (χ1v) is 16.3. The second-order valence-corrected chi connectivity index (χ2v) is 13.1. The molecule has 11 nitrogen and oxygen atoms in total. The van der Waals surface area contributed by atoms with Crippen molar-refractivity contribution in [2.75, 3.05) is 49.6 Å². The third kappa shape index (κ3) is 5.22. The number of anilines is 3. The fraction of sp³-hybridized carbons (Fsp3) is 0.364. The molecule has 2 fully saturated rings. The topological polar surface area (TPSA) is 110 Å². The number of hydrogen-bond donors (Lipinski definition) is 1. The SMILES string of the molecule is Cn1cc(-c2ccnc(-n3ncc4c5c(sc4c3=O)CCCC5)c2)cc(Nc2ccc(N3CCN(C4COC4)CC3)cn2)c1=O. The lowest BCUT2D eigenvalue weighted by atomic mass is 9.97. The predicted molar refractivity (Wildman–Crippen MR) is 176 cm³/mol. The van der Waals surface area contributed by atoms with Gasteiger partial charge in [0.05, 0.1) is 37.3 Å². The van der Waals surface area contributed by atoms with Gasteiger partial charge in [-0.15, -0.1) is 11.3 Å². The molecule has 2 aliphatic heterocycles. The Morgan fingerprint density at radius 3 is 2.56 bits per heavy atom. The van der Waals surface area contributed by atoms with E-state index in [0.29, 0.717) is 23.4 Å². The van der Waals surface area contributed by atoms with Gasteiger partial charge in [0, 0.05) is 61.4 Å². The molecule has 0 bridgehead atoms. The first-order valence-electron chi connectivity index (χ1n) is 15.5. The summed E-state index contributed by atoms with van der Waals surface area (Å²) in [6.45, 7) is 5.62. The summed E-state index contributed by atoms with van der Waals surface area (Å²) in [7, 11) is 1.73. The van der Waals surface area contributed by atoms with Gasteiger partial charge in [-0.3, -0.25) is 14.5 Å². The van der Waals surface area contributed by atoms with Gasteiger partial charge < -0.3 is 19.5 Å². The molecule has 8 rings (SSSR count). The number of ether oxygens (including phenoxy) is 1. The van der Waals surface area contributed by atoms with Crippen molar-refractivity contribution in [3.05, 3.63) is 86.3 Å². The van der Waals surface area contributed by atoms with Crippen LogP contribution in [-0.2, 0) is 24.6 Å². The number of thiophene rings is 1. The molecule has 0 atom stereocenters. The summed E-state index contributed by atoms with van der Waals surface area (Å²) in [5.41, 5.74) is 4.06. The Hall–Kier alpha value is -4.39. The van der Waals surface area contributed by atoms with Gasteiger partial charge in [0.15, 0.2) is 5.82 Å². The Bertz CT molecular complexity index is 2010. The molecule has 230 valence electrons. The molecule has 5 aromatic heterocycles. The zero-order chi connectivity index (χ0) is 30.5. The van der Waals surface area contributed by atoms with E-state index in [2.05, 4.69) is 30.2 Å². The molecule has 0 radical (unpaired) electrons. The zero-order valence-corrected chi connectivity index (χ0v) is 25.9. The van der Waals surface area contributed by atoms with E-state index in [1.54, 1.807) is 35.3 Å². The van der Waals surface area contributed by atoms with E-state index >= 15 is 0 Å². The Morgan fingerprint density at radius 2 is 1.78 bits per heavy atom. The highest BCUT2D eigenvalue weighted by Gasteiger charge is 2.29. The number of fused-ring (bicyclic) bond motifs is 3. The van der Waals surface area contributed by atoms with Crippen LogP contribution in [0.1, 0.15) is 23.3 Å². The highest BCUT2D eigenvalue weighted by atomic mass is 32.1. The second-order valence-electron chi connectivity index (χ2n) is 12.0. The fourth-order valence-corrected chi connectivity index (χ4v) is 7.84. The van der Waals surface area contributed by atoms with Crippen LogP contribution in [0.2, 0.25) is 0 Å². The Kier molecular flexibility index (Phi) is 7.19. The summed E-state index contributed by atoms with van der Waals surface area (Å²) < 4.78 is 9.01. The third-order valence-corrected chi connectivity index (χ3v) is 10.5. The molecule has 45 heavy (non-hydrogen) atoms. The second kappa shape index (κ2) is 11.5. The molecule has 2 saturated heterocycles. The average Bonchev–Trinajstić information content (AvgIpc) is 3.43. The highest BCUT2D eigenvalue weighted by molar-refractivity contribution is 7.19. The number of aromatic nitrogens is 5. The van der Waals surface area contributed by atoms with Crippen molar-refractivity contribution in [3.8, 4) is 16.9 Å². The summed E-state index contributed by atoms with van der Waals surface area (Å²) in [4.78, 5) is 41.9. The molecule has 0 saturated carbocycles. The summed E-state index contributed by atoms with van der Waals surface area (Å²) in [6, 6.07) is 10.0. The summed E-state index contributed by atoms with van der Waals surface area (Å²) >= 11 is 1.59. The molecule has 3 aliphatic rings. The van der Waals surface area contributed by atoms with Crippen molar-refractivity contribution in [2.45, 2.75) is 31.7 Å². The van der Waals surface area contributed by atoms with E-state index < -0.39 is 0 Å². The van der Waals surface area contributed by atoms with Crippen molar-refractivity contribution in [2.24, 2.45) is 7.05 Å². The number of rotatable bonds is 6. The summed E-state index contributed by atoms with van der Waals surface area (Å²) in [5, 5.41) is 8.72. The Balaban J connectivity index is 1.03.